The highest BCUT2D eigenvalue weighted by atomic mass is 32.2. The first-order chi connectivity index (χ1) is 13.3. The lowest BCUT2D eigenvalue weighted by Crippen LogP contribution is -2.35. The van der Waals surface area contributed by atoms with Gasteiger partial charge < -0.3 is 14.2 Å². The van der Waals surface area contributed by atoms with Crippen molar-refractivity contribution in [3.8, 4) is 5.75 Å². The van der Waals surface area contributed by atoms with Crippen LogP contribution in [-0.4, -0.2) is 41.3 Å². The molecule has 1 N–H and O–H groups in total. The van der Waals surface area contributed by atoms with Crippen molar-refractivity contribution >= 4 is 16.0 Å². The summed E-state index contributed by atoms with van der Waals surface area (Å²) in [4.78, 5) is 12.3. The number of rotatable bonds is 9. The molecular formula is C20H25NO6S. The number of nitrogens with one attached hydrogen (secondary N) is 1. The van der Waals surface area contributed by atoms with Crippen molar-refractivity contribution in [1.29, 1.82) is 0 Å². The molecule has 0 saturated heterocycles. The van der Waals surface area contributed by atoms with E-state index in [2.05, 4.69) is 4.72 Å². The van der Waals surface area contributed by atoms with Crippen molar-refractivity contribution < 1.29 is 27.4 Å². The van der Waals surface area contributed by atoms with E-state index in [4.69, 9.17) is 14.2 Å². The number of carbonyl (C=O) groups is 1. The average molecular weight is 407 g/mol. The van der Waals surface area contributed by atoms with Gasteiger partial charge in [0.2, 0.25) is 10.0 Å². The lowest BCUT2D eigenvalue weighted by atomic mass is 10.1. The van der Waals surface area contributed by atoms with Crippen molar-refractivity contribution in [3.63, 3.8) is 0 Å². The fourth-order valence-corrected chi connectivity index (χ4v) is 3.86. The number of carbonyl (C=O) groups excluding carboxylic acids is 1. The summed E-state index contributed by atoms with van der Waals surface area (Å²) in [7, 11) is -0.642. The molecule has 0 bridgehead atoms. The first-order valence-corrected chi connectivity index (χ1v) is 10.2. The van der Waals surface area contributed by atoms with Gasteiger partial charge in [0.15, 0.2) is 0 Å². The Balaban J connectivity index is 2.05. The molecule has 2 rings (SSSR count). The van der Waals surface area contributed by atoms with Gasteiger partial charge in [-0.2, -0.15) is 0 Å². The number of ether oxygens (including phenoxy) is 3. The maximum Gasteiger partial charge on any atom is 0.338 e. The molecule has 0 unspecified atom stereocenters. The summed E-state index contributed by atoms with van der Waals surface area (Å²) >= 11 is 0. The maximum atomic E-state index is 12.3. The maximum absolute atomic E-state index is 12.3. The minimum atomic E-state index is -3.69. The van der Waals surface area contributed by atoms with Crippen molar-refractivity contribution in [2.24, 2.45) is 0 Å². The quantitative estimate of drug-likeness (QED) is 0.643. The van der Waals surface area contributed by atoms with Gasteiger partial charge in [0.25, 0.3) is 0 Å². The zero-order valence-corrected chi connectivity index (χ0v) is 17.2. The van der Waals surface area contributed by atoms with Gasteiger partial charge in [-0.25, -0.2) is 17.9 Å². The van der Waals surface area contributed by atoms with E-state index in [1.54, 1.807) is 14.0 Å². The molecule has 0 aliphatic heterocycles. The normalized spacial score (nSPS) is 12.4. The Bertz CT molecular complexity index is 909. The van der Waals surface area contributed by atoms with Crippen LogP contribution in [0, 0.1) is 6.92 Å². The van der Waals surface area contributed by atoms with Gasteiger partial charge in [0, 0.05) is 18.7 Å². The van der Waals surface area contributed by atoms with Crippen LogP contribution in [0.25, 0.3) is 0 Å². The summed E-state index contributed by atoms with van der Waals surface area (Å²) in [5.41, 5.74) is 2.04. The van der Waals surface area contributed by atoms with Crippen LogP contribution in [-0.2, 0) is 26.1 Å². The molecule has 0 aliphatic rings. The second-order valence-corrected chi connectivity index (χ2v) is 8.11. The van der Waals surface area contributed by atoms with Gasteiger partial charge in [0.05, 0.1) is 24.2 Å². The number of sulfonamides is 1. The van der Waals surface area contributed by atoms with Crippen LogP contribution in [0.1, 0.15) is 28.4 Å². The van der Waals surface area contributed by atoms with Crippen molar-refractivity contribution in [1.82, 2.24) is 4.72 Å². The molecule has 0 aromatic heterocycles. The van der Waals surface area contributed by atoms with E-state index in [9.17, 15) is 13.2 Å². The van der Waals surface area contributed by atoms with Gasteiger partial charge in [-0.05, 0) is 50.2 Å². The molecule has 0 spiro atoms. The van der Waals surface area contributed by atoms with Gasteiger partial charge in [0.1, 0.15) is 12.4 Å². The lowest BCUT2D eigenvalue weighted by Gasteiger charge is -2.13. The fourth-order valence-electron chi connectivity index (χ4n) is 2.63. The van der Waals surface area contributed by atoms with E-state index in [-0.39, 0.29) is 29.7 Å². The first kappa shape index (κ1) is 21.9. The van der Waals surface area contributed by atoms with E-state index in [0.29, 0.717) is 5.75 Å². The molecule has 0 fully saturated rings. The van der Waals surface area contributed by atoms with E-state index in [1.807, 2.05) is 25.1 Å². The smallest absolute Gasteiger partial charge is 0.338 e. The summed E-state index contributed by atoms with van der Waals surface area (Å²) in [6, 6.07) is 10.8. The van der Waals surface area contributed by atoms with Gasteiger partial charge in [-0.15, -0.1) is 0 Å². The molecule has 7 nitrogen and oxygen atoms in total. The summed E-state index contributed by atoms with van der Waals surface area (Å²) in [5, 5.41) is 0. The number of hydrogen-bond donors (Lipinski definition) is 1. The Morgan fingerprint density at radius 3 is 2.39 bits per heavy atom. The van der Waals surface area contributed by atoms with E-state index in [1.165, 1.54) is 31.4 Å². The van der Waals surface area contributed by atoms with Gasteiger partial charge in [-0.3, -0.25) is 0 Å². The standard InChI is InChI=1S/C20H25NO6S/c1-14-5-10-19(26-4)17(11-14)13-27-20(22)16-6-8-18(9-7-16)28(23,24)21-15(2)12-25-3/h5-11,15,21H,12-13H2,1-4H3/t15-/m0/s1. The monoisotopic (exact) mass is 407 g/mol. The third kappa shape index (κ3) is 5.79. The minimum absolute atomic E-state index is 0.0554. The Kier molecular flexibility index (Phi) is 7.56. The largest absolute Gasteiger partial charge is 0.496 e. The van der Waals surface area contributed by atoms with Crippen molar-refractivity contribution in [2.45, 2.75) is 31.4 Å². The summed E-state index contributed by atoms with van der Waals surface area (Å²) < 4.78 is 42.7. The number of methoxy groups -OCH3 is 2. The van der Waals surface area contributed by atoms with Crippen LogP contribution in [0.2, 0.25) is 0 Å². The molecule has 2 aromatic rings. The molecule has 0 saturated carbocycles. The highest BCUT2D eigenvalue weighted by Gasteiger charge is 2.18. The van der Waals surface area contributed by atoms with E-state index >= 15 is 0 Å². The molecule has 28 heavy (non-hydrogen) atoms. The third-order valence-corrected chi connectivity index (χ3v) is 5.57. The average Bonchev–Trinajstić information content (AvgIpc) is 2.66. The lowest BCUT2D eigenvalue weighted by molar-refractivity contribution is 0.0470. The molecule has 152 valence electrons. The van der Waals surface area contributed by atoms with E-state index < -0.39 is 16.0 Å². The minimum Gasteiger partial charge on any atom is -0.496 e. The molecule has 2 aromatic carbocycles. The second kappa shape index (κ2) is 9.68. The molecular weight excluding hydrogens is 382 g/mol. The predicted molar refractivity (Wildman–Crippen MR) is 105 cm³/mol. The van der Waals surface area contributed by atoms with Crippen LogP contribution in [0.5, 0.6) is 5.75 Å². The predicted octanol–water partition coefficient (Wildman–Crippen LogP) is 2.67. The summed E-state index contributed by atoms with van der Waals surface area (Å²) in [5.74, 6) is 0.0873. The molecule has 0 amide bonds. The van der Waals surface area contributed by atoms with Gasteiger partial charge >= 0.3 is 5.97 Å². The number of aryl methyl sites for hydroxylation is 1. The van der Waals surface area contributed by atoms with Crippen LogP contribution in [0.3, 0.4) is 0 Å². The topological polar surface area (TPSA) is 90.9 Å². The Morgan fingerprint density at radius 2 is 1.79 bits per heavy atom. The Morgan fingerprint density at radius 1 is 1.11 bits per heavy atom. The molecule has 1 atom stereocenters. The number of esters is 1. The molecule has 0 aliphatic carbocycles. The molecule has 0 heterocycles. The van der Waals surface area contributed by atoms with Gasteiger partial charge in [-0.1, -0.05) is 11.6 Å². The van der Waals surface area contributed by atoms with Crippen LogP contribution in [0.15, 0.2) is 47.4 Å². The van der Waals surface area contributed by atoms with Crippen LogP contribution < -0.4 is 9.46 Å². The van der Waals surface area contributed by atoms with Crippen molar-refractivity contribution in [2.75, 3.05) is 20.8 Å². The summed E-state index contributed by atoms with van der Waals surface area (Å²) in [6.07, 6.45) is 0. The van der Waals surface area contributed by atoms with Crippen LogP contribution in [0.4, 0.5) is 0 Å². The Labute approximate surface area is 165 Å². The van der Waals surface area contributed by atoms with Crippen LogP contribution >= 0.6 is 0 Å². The Hall–Kier alpha value is -2.42. The fraction of sp³-hybridized carbons (Fsp3) is 0.350. The zero-order chi connectivity index (χ0) is 20.7. The number of benzene rings is 2. The first-order valence-electron chi connectivity index (χ1n) is 8.69. The zero-order valence-electron chi connectivity index (χ0n) is 16.4. The molecule has 0 radical (unpaired) electrons. The summed E-state index contributed by atoms with van der Waals surface area (Å²) in [6.45, 7) is 3.95. The SMILES string of the molecule is COC[C@H](C)NS(=O)(=O)c1ccc(C(=O)OCc2cc(C)ccc2OC)cc1. The highest BCUT2D eigenvalue weighted by Crippen LogP contribution is 2.21. The van der Waals surface area contributed by atoms with Crippen molar-refractivity contribution in [3.05, 3.63) is 59.2 Å². The highest BCUT2D eigenvalue weighted by molar-refractivity contribution is 7.89. The number of hydrogen-bond acceptors (Lipinski definition) is 6. The third-order valence-electron chi connectivity index (χ3n) is 3.97. The molecule has 8 heteroatoms. The van der Waals surface area contributed by atoms with E-state index in [0.717, 1.165) is 11.1 Å². The second-order valence-electron chi connectivity index (χ2n) is 6.39.